The maximum Gasteiger partial charge on any atom is 0.125 e. The monoisotopic (exact) mass is 282 g/mol. The van der Waals surface area contributed by atoms with Crippen LogP contribution in [0.4, 0.5) is 5.82 Å². The second-order valence-electron chi connectivity index (χ2n) is 5.70. The van der Waals surface area contributed by atoms with E-state index < -0.39 is 0 Å². The summed E-state index contributed by atoms with van der Waals surface area (Å²) in [7, 11) is 0. The maximum atomic E-state index is 6.04. The van der Waals surface area contributed by atoms with E-state index in [1.165, 1.54) is 17.5 Å². The van der Waals surface area contributed by atoms with Crippen LogP contribution < -0.4 is 5.32 Å². The number of hydrogen-bond acceptors (Lipinski definition) is 3. The molecule has 3 nitrogen and oxygen atoms in total. The summed E-state index contributed by atoms with van der Waals surface area (Å²) in [6.45, 7) is 3.87. The predicted octanol–water partition coefficient (Wildman–Crippen LogP) is 3.97. The van der Waals surface area contributed by atoms with Crippen LogP contribution in [0.2, 0.25) is 0 Å². The lowest BCUT2D eigenvalue weighted by Gasteiger charge is -2.32. The van der Waals surface area contributed by atoms with E-state index >= 15 is 0 Å². The van der Waals surface area contributed by atoms with E-state index in [1.807, 2.05) is 24.4 Å². The van der Waals surface area contributed by atoms with E-state index in [1.54, 1.807) is 0 Å². The van der Waals surface area contributed by atoms with Gasteiger partial charge in [-0.1, -0.05) is 35.9 Å². The highest BCUT2D eigenvalue weighted by Crippen LogP contribution is 2.33. The first-order valence-electron chi connectivity index (χ1n) is 7.66. The molecule has 0 bridgehead atoms. The van der Waals surface area contributed by atoms with Gasteiger partial charge in [0.05, 0.1) is 6.10 Å². The zero-order valence-corrected chi connectivity index (χ0v) is 12.5. The summed E-state index contributed by atoms with van der Waals surface area (Å²) in [6.07, 6.45) is 4.34. The van der Waals surface area contributed by atoms with Crippen molar-refractivity contribution in [1.29, 1.82) is 0 Å². The van der Waals surface area contributed by atoms with Crippen LogP contribution in [0.15, 0.2) is 48.7 Å². The highest BCUT2D eigenvalue weighted by molar-refractivity contribution is 5.33. The van der Waals surface area contributed by atoms with E-state index in [0.29, 0.717) is 5.92 Å². The molecule has 2 unspecified atom stereocenters. The van der Waals surface area contributed by atoms with Crippen molar-refractivity contribution in [2.24, 2.45) is 5.92 Å². The van der Waals surface area contributed by atoms with Crippen LogP contribution in [0.3, 0.4) is 0 Å². The normalized spacial score (nSPS) is 22.0. The highest BCUT2D eigenvalue weighted by atomic mass is 16.5. The minimum Gasteiger partial charge on any atom is -0.373 e. The maximum absolute atomic E-state index is 6.04. The van der Waals surface area contributed by atoms with E-state index in [0.717, 1.165) is 25.4 Å². The number of ether oxygens (including phenoxy) is 1. The highest BCUT2D eigenvalue weighted by Gasteiger charge is 2.27. The van der Waals surface area contributed by atoms with Gasteiger partial charge in [0.15, 0.2) is 0 Å². The van der Waals surface area contributed by atoms with E-state index in [-0.39, 0.29) is 6.10 Å². The van der Waals surface area contributed by atoms with Gasteiger partial charge in [0.25, 0.3) is 0 Å². The van der Waals surface area contributed by atoms with Gasteiger partial charge in [0.2, 0.25) is 0 Å². The summed E-state index contributed by atoms with van der Waals surface area (Å²) >= 11 is 0. The third-order valence-corrected chi connectivity index (χ3v) is 4.06. The largest absolute Gasteiger partial charge is 0.373 e. The van der Waals surface area contributed by atoms with Gasteiger partial charge in [-0.2, -0.15) is 0 Å². The van der Waals surface area contributed by atoms with E-state index in [2.05, 4.69) is 41.5 Å². The van der Waals surface area contributed by atoms with Crippen LogP contribution >= 0.6 is 0 Å². The molecule has 0 spiro atoms. The smallest absolute Gasteiger partial charge is 0.125 e. The molecule has 2 heterocycles. The van der Waals surface area contributed by atoms with Gasteiger partial charge in [-0.3, -0.25) is 0 Å². The van der Waals surface area contributed by atoms with Crippen LogP contribution in [0.5, 0.6) is 0 Å². The molecule has 0 radical (unpaired) electrons. The van der Waals surface area contributed by atoms with Gasteiger partial charge >= 0.3 is 0 Å². The molecule has 2 atom stereocenters. The van der Waals surface area contributed by atoms with Crippen molar-refractivity contribution in [3.63, 3.8) is 0 Å². The van der Waals surface area contributed by atoms with Gasteiger partial charge in [0, 0.05) is 25.3 Å². The molecular weight excluding hydrogens is 260 g/mol. The topological polar surface area (TPSA) is 34.1 Å². The molecule has 1 aromatic carbocycles. The first-order valence-corrected chi connectivity index (χ1v) is 7.66. The molecule has 2 aromatic rings. The van der Waals surface area contributed by atoms with E-state index in [9.17, 15) is 0 Å². The molecule has 0 aliphatic carbocycles. The second kappa shape index (κ2) is 6.72. The molecule has 110 valence electrons. The third-order valence-electron chi connectivity index (χ3n) is 4.06. The first-order chi connectivity index (χ1) is 10.3. The minimum absolute atomic E-state index is 0.190. The Bertz CT molecular complexity index is 553. The van der Waals surface area contributed by atoms with Crippen LogP contribution in [0.1, 0.15) is 30.1 Å². The minimum atomic E-state index is 0.190. The summed E-state index contributed by atoms with van der Waals surface area (Å²) < 4.78 is 6.04. The molecule has 0 saturated carbocycles. The number of nitrogens with one attached hydrogen (secondary N) is 1. The average molecular weight is 282 g/mol. The lowest BCUT2D eigenvalue weighted by molar-refractivity contribution is -0.0238. The number of nitrogens with zero attached hydrogens (tertiary/aromatic N) is 1. The van der Waals surface area contributed by atoms with Crippen molar-refractivity contribution in [3.8, 4) is 0 Å². The second-order valence-corrected chi connectivity index (χ2v) is 5.70. The van der Waals surface area contributed by atoms with Crippen molar-refractivity contribution in [2.45, 2.75) is 25.9 Å². The molecule has 1 N–H and O–H groups in total. The Morgan fingerprint density at radius 3 is 2.81 bits per heavy atom. The number of hydrogen-bond donors (Lipinski definition) is 1. The number of rotatable bonds is 4. The summed E-state index contributed by atoms with van der Waals surface area (Å²) in [4.78, 5) is 4.32. The Morgan fingerprint density at radius 2 is 2.05 bits per heavy atom. The van der Waals surface area contributed by atoms with E-state index in [4.69, 9.17) is 4.74 Å². The Hall–Kier alpha value is -1.87. The molecule has 3 rings (SSSR count). The van der Waals surface area contributed by atoms with Crippen molar-refractivity contribution in [2.75, 3.05) is 18.5 Å². The fraction of sp³-hybridized carbons (Fsp3) is 0.389. The van der Waals surface area contributed by atoms with Crippen molar-refractivity contribution in [3.05, 3.63) is 59.8 Å². The molecule has 1 aliphatic heterocycles. The fourth-order valence-electron chi connectivity index (χ4n) is 2.88. The number of aromatic nitrogens is 1. The lowest BCUT2D eigenvalue weighted by atomic mass is 9.89. The van der Waals surface area contributed by atoms with Gasteiger partial charge in [0.1, 0.15) is 5.82 Å². The Balaban J connectivity index is 1.68. The predicted molar refractivity (Wildman–Crippen MR) is 85.3 cm³/mol. The summed E-state index contributed by atoms with van der Waals surface area (Å²) in [5.74, 6) is 1.43. The van der Waals surface area contributed by atoms with Gasteiger partial charge < -0.3 is 10.1 Å². The van der Waals surface area contributed by atoms with Crippen molar-refractivity contribution in [1.82, 2.24) is 4.98 Å². The number of aryl methyl sites for hydroxylation is 1. The van der Waals surface area contributed by atoms with Crippen molar-refractivity contribution < 1.29 is 4.74 Å². The Labute approximate surface area is 126 Å². The first kappa shape index (κ1) is 14.1. The van der Waals surface area contributed by atoms with Crippen LogP contribution in [0, 0.1) is 12.8 Å². The fourth-order valence-corrected chi connectivity index (χ4v) is 2.88. The quantitative estimate of drug-likeness (QED) is 0.921. The van der Waals surface area contributed by atoms with Crippen LogP contribution in [-0.2, 0) is 4.74 Å². The molecule has 3 heteroatoms. The number of benzene rings is 1. The Kier molecular flexibility index (Phi) is 4.51. The lowest BCUT2D eigenvalue weighted by Crippen LogP contribution is -2.28. The molecule has 1 aliphatic rings. The zero-order valence-electron chi connectivity index (χ0n) is 12.5. The number of pyridine rings is 1. The molecule has 1 saturated heterocycles. The Morgan fingerprint density at radius 1 is 1.19 bits per heavy atom. The molecular formula is C18H22N2O. The molecule has 21 heavy (non-hydrogen) atoms. The molecule has 0 amide bonds. The zero-order chi connectivity index (χ0) is 14.5. The molecule has 1 aromatic heterocycles. The van der Waals surface area contributed by atoms with Crippen LogP contribution in [-0.4, -0.2) is 18.1 Å². The molecule has 1 fully saturated rings. The average Bonchev–Trinajstić information content (AvgIpc) is 2.55. The van der Waals surface area contributed by atoms with Gasteiger partial charge in [-0.05, 0) is 37.5 Å². The van der Waals surface area contributed by atoms with Crippen molar-refractivity contribution >= 4 is 5.82 Å². The SMILES string of the molecule is Cc1ccc(C2OCCCC2CNc2ccccn2)cc1. The van der Waals surface area contributed by atoms with Crippen LogP contribution in [0.25, 0.3) is 0 Å². The number of anilines is 1. The van der Waals surface area contributed by atoms with Gasteiger partial charge in [-0.15, -0.1) is 0 Å². The summed E-state index contributed by atoms with van der Waals surface area (Å²) in [6, 6.07) is 14.7. The third kappa shape index (κ3) is 3.61. The summed E-state index contributed by atoms with van der Waals surface area (Å²) in [5.41, 5.74) is 2.57. The summed E-state index contributed by atoms with van der Waals surface area (Å²) in [5, 5.41) is 3.43. The van der Waals surface area contributed by atoms with Gasteiger partial charge in [-0.25, -0.2) is 4.98 Å². The standard InChI is InChI=1S/C18H22N2O/c1-14-7-9-15(10-8-14)18-16(5-4-12-21-18)13-20-17-6-2-3-11-19-17/h2-3,6-11,16,18H,4-5,12-13H2,1H3,(H,19,20).